The van der Waals surface area contributed by atoms with E-state index in [9.17, 15) is 57.8 Å². The van der Waals surface area contributed by atoms with Crippen molar-refractivity contribution < 1.29 is 57.8 Å². The fourth-order valence-electron chi connectivity index (χ4n) is 7.60. The van der Waals surface area contributed by atoms with Gasteiger partial charge in [-0.1, -0.05) is 64.1 Å². The van der Waals surface area contributed by atoms with E-state index in [4.69, 9.17) is 22.9 Å². The number of aromatic hydroxyl groups is 1. The Bertz CT molecular complexity index is 2240. The van der Waals surface area contributed by atoms with E-state index in [1.807, 2.05) is 0 Å². The molecule has 26 heteroatoms. The molecule has 2 aliphatic rings. The lowest BCUT2D eigenvalue weighted by Gasteiger charge is -2.31. The van der Waals surface area contributed by atoms with Crippen molar-refractivity contribution in [3.63, 3.8) is 0 Å². The molecule has 2 heterocycles. The van der Waals surface area contributed by atoms with Crippen LogP contribution in [0.15, 0.2) is 54.6 Å². The number of nitrogens with zero attached hydrogens (tertiary/aromatic N) is 1. The molecule has 7 atom stereocenters. The zero-order chi connectivity index (χ0) is 52.0. The van der Waals surface area contributed by atoms with Crippen molar-refractivity contribution >= 4 is 86.6 Å². The van der Waals surface area contributed by atoms with Crippen LogP contribution in [0.2, 0.25) is 0 Å². The summed E-state index contributed by atoms with van der Waals surface area (Å²) >= 11 is 0. The minimum absolute atomic E-state index is 0.0365. The molecule has 16 N–H and O–H groups in total. The number of nitrogens with one attached hydrogen (secondary N) is 7. The average Bonchev–Trinajstić information content (AvgIpc) is 3.83. The highest BCUT2D eigenvalue weighted by molar-refractivity contribution is 8.76. The Hall–Kier alpha value is -6.93. The molecule has 71 heavy (non-hydrogen) atoms. The van der Waals surface area contributed by atoms with Crippen LogP contribution in [0.5, 0.6) is 5.75 Å². The Morgan fingerprint density at radius 1 is 0.732 bits per heavy atom. The molecular weight excluding hydrogens is 965 g/mol. The summed E-state index contributed by atoms with van der Waals surface area (Å²) in [6.45, 7) is -0.258. The van der Waals surface area contributed by atoms with E-state index in [1.54, 1.807) is 42.5 Å². The monoisotopic (exact) mass is 1030 g/mol. The third kappa shape index (κ3) is 19.1. The van der Waals surface area contributed by atoms with Gasteiger partial charge in [0.05, 0.1) is 13.0 Å². The molecule has 11 amide bonds. The molecule has 0 aliphatic carbocycles. The van der Waals surface area contributed by atoms with E-state index in [0.29, 0.717) is 24.0 Å². The Morgan fingerprint density at radius 2 is 1.34 bits per heavy atom. The molecule has 0 bridgehead atoms. The summed E-state index contributed by atoms with van der Waals surface area (Å²) in [5.74, 6) is -9.32. The SMILES string of the molecule is NCCC[C@@H](NC(=O)[C@@H]1CCCN1C(=O)[C@@H]1CSSCCC(=O)N[C@@H](Cc2ccc(O)cc2)C(=O)N[C@@H](Cc2ccccc2)C(=O)N[C@@H](CCC(N)=O)C(=O)N[C@@H](CC(N)=O)C(=O)N1)C(=O)NCC(N)=O. The van der Waals surface area contributed by atoms with Crippen LogP contribution in [-0.4, -0.2) is 148 Å². The van der Waals surface area contributed by atoms with E-state index in [1.165, 1.54) is 17.0 Å². The third-order valence-electron chi connectivity index (χ3n) is 11.2. The molecule has 0 spiro atoms. The summed E-state index contributed by atoms with van der Waals surface area (Å²) in [7, 11) is 2.21. The first-order valence-electron chi connectivity index (χ1n) is 22.9. The standard InChI is InChI=1S/C45H62N12O12S2/c46-17-4-8-28(39(63)50-23-37(49)61)53-44(68)34-9-5-18-57(34)45(69)33-24-71-70-19-16-38(62)51-30(21-26-10-12-27(58)13-11-26)41(65)54-31(20-25-6-2-1-3-7-25)42(66)52-29(14-15-35(47)59)40(64)55-32(22-36(48)60)43(67)56-33/h1-3,6-7,10-13,28-34,58H,4-5,8-9,14-24,46H2,(H2,47,59)(H2,48,60)(H2,49,61)(H,50,63)(H,51,62)(H,52,66)(H,53,68)(H,54,65)(H,55,64)(H,56,67)/t28-,29+,30+,31+,32+,33+,34+/m1/s1. The normalized spacial score (nSPS) is 22.3. The van der Waals surface area contributed by atoms with E-state index >= 15 is 0 Å². The van der Waals surface area contributed by atoms with E-state index in [2.05, 4.69) is 37.2 Å². The zero-order valence-electron chi connectivity index (χ0n) is 38.9. The van der Waals surface area contributed by atoms with Gasteiger partial charge in [0.15, 0.2) is 0 Å². The first kappa shape index (κ1) is 56.7. The molecule has 4 rings (SSSR count). The lowest BCUT2D eigenvalue weighted by Crippen LogP contribution is -2.61. The fraction of sp³-hybridized carbons (Fsp3) is 0.489. The van der Waals surface area contributed by atoms with Crippen molar-refractivity contribution in [1.29, 1.82) is 0 Å². The Labute approximate surface area is 417 Å². The number of phenolic OH excluding ortho intramolecular Hbond substituents is 1. The van der Waals surface area contributed by atoms with Crippen molar-refractivity contribution in [2.24, 2.45) is 22.9 Å². The maximum Gasteiger partial charge on any atom is 0.246 e. The van der Waals surface area contributed by atoms with Gasteiger partial charge in [0.1, 0.15) is 48.0 Å². The predicted octanol–water partition coefficient (Wildman–Crippen LogP) is -3.66. The van der Waals surface area contributed by atoms with Gasteiger partial charge in [0.25, 0.3) is 0 Å². The molecule has 2 aromatic rings. The van der Waals surface area contributed by atoms with E-state index in [0.717, 1.165) is 21.6 Å². The highest BCUT2D eigenvalue weighted by Gasteiger charge is 2.40. The number of nitrogens with two attached hydrogens (primary N) is 4. The smallest absolute Gasteiger partial charge is 0.246 e. The van der Waals surface area contributed by atoms with Crippen LogP contribution >= 0.6 is 21.6 Å². The molecule has 0 saturated carbocycles. The van der Waals surface area contributed by atoms with Crippen LogP contribution in [0.4, 0.5) is 0 Å². The van der Waals surface area contributed by atoms with Gasteiger partial charge in [-0.05, 0) is 61.9 Å². The van der Waals surface area contributed by atoms with Crippen LogP contribution in [0, 0.1) is 0 Å². The number of phenols is 1. The lowest BCUT2D eigenvalue weighted by molar-refractivity contribution is -0.142. The minimum Gasteiger partial charge on any atom is -0.508 e. The van der Waals surface area contributed by atoms with Gasteiger partial charge in [0, 0.05) is 43.7 Å². The number of hydrogen-bond donors (Lipinski definition) is 12. The molecule has 24 nitrogen and oxygen atoms in total. The minimum atomic E-state index is -1.75. The third-order valence-corrected chi connectivity index (χ3v) is 13.7. The van der Waals surface area contributed by atoms with Crippen molar-refractivity contribution in [2.75, 3.05) is 31.1 Å². The molecule has 386 valence electrons. The van der Waals surface area contributed by atoms with Gasteiger partial charge in [-0.15, -0.1) is 0 Å². The van der Waals surface area contributed by atoms with Gasteiger partial charge in [-0.3, -0.25) is 52.7 Å². The summed E-state index contributed by atoms with van der Waals surface area (Å²) in [6, 6.07) is 4.75. The van der Waals surface area contributed by atoms with Crippen LogP contribution in [-0.2, 0) is 65.6 Å². The van der Waals surface area contributed by atoms with Gasteiger partial charge < -0.3 is 70.2 Å². The molecule has 2 saturated heterocycles. The summed E-state index contributed by atoms with van der Waals surface area (Å²) in [5.41, 5.74) is 22.9. The molecule has 0 aromatic heterocycles. The number of benzene rings is 2. The van der Waals surface area contributed by atoms with Crippen LogP contribution < -0.4 is 60.2 Å². The van der Waals surface area contributed by atoms with Gasteiger partial charge >= 0.3 is 0 Å². The molecule has 0 radical (unpaired) electrons. The van der Waals surface area contributed by atoms with E-state index in [-0.39, 0.29) is 62.4 Å². The number of likely N-dealkylation sites (tertiary alicyclic amines) is 1. The fourth-order valence-corrected chi connectivity index (χ4v) is 9.75. The quantitative estimate of drug-likeness (QED) is 0.0641. The topological polar surface area (TPSA) is 400 Å². The summed E-state index contributed by atoms with van der Waals surface area (Å²) in [5, 5.41) is 27.8. The second-order valence-corrected chi connectivity index (χ2v) is 19.5. The number of rotatable bonds is 18. The summed E-state index contributed by atoms with van der Waals surface area (Å²) < 4.78 is 0. The maximum absolute atomic E-state index is 14.5. The maximum atomic E-state index is 14.5. The summed E-state index contributed by atoms with van der Waals surface area (Å²) in [6.07, 6.45) is -1.04. The Kier molecular flexibility index (Phi) is 22.9. The number of carbonyl (C=O) groups excluding carboxylic acids is 11. The summed E-state index contributed by atoms with van der Waals surface area (Å²) in [4.78, 5) is 148. The van der Waals surface area contributed by atoms with Crippen LogP contribution in [0.1, 0.15) is 62.5 Å². The van der Waals surface area contributed by atoms with Crippen molar-refractivity contribution in [3.05, 3.63) is 65.7 Å². The van der Waals surface area contributed by atoms with Crippen molar-refractivity contribution in [1.82, 2.24) is 42.1 Å². The van der Waals surface area contributed by atoms with E-state index < -0.39 is 133 Å². The van der Waals surface area contributed by atoms with Crippen molar-refractivity contribution in [3.8, 4) is 5.75 Å². The molecule has 2 aromatic carbocycles. The number of primary amides is 3. The van der Waals surface area contributed by atoms with Crippen molar-refractivity contribution in [2.45, 2.75) is 107 Å². The Morgan fingerprint density at radius 3 is 1.97 bits per heavy atom. The van der Waals surface area contributed by atoms with Crippen LogP contribution in [0.3, 0.4) is 0 Å². The van der Waals surface area contributed by atoms with Crippen LogP contribution in [0.25, 0.3) is 0 Å². The second-order valence-electron chi connectivity index (χ2n) is 16.8. The molecule has 2 fully saturated rings. The lowest BCUT2D eigenvalue weighted by atomic mass is 10.0. The van der Waals surface area contributed by atoms with Gasteiger partial charge in [-0.25, -0.2) is 0 Å². The Balaban J connectivity index is 1.69. The first-order chi connectivity index (χ1) is 33.8. The number of hydrogen-bond acceptors (Lipinski definition) is 15. The predicted molar refractivity (Wildman–Crippen MR) is 261 cm³/mol. The average molecular weight is 1030 g/mol. The molecule has 2 aliphatic heterocycles. The molecule has 0 unspecified atom stereocenters. The largest absolute Gasteiger partial charge is 0.508 e. The highest BCUT2D eigenvalue weighted by atomic mass is 33.1. The van der Waals surface area contributed by atoms with Gasteiger partial charge in [-0.2, -0.15) is 0 Å². The highest BCUT2D eigenvalue weighted by Crippen LogP contribution is 2.26. The number of carbonyl (C=O) groups is 11. The number of amides is 11. The van der Waals surface area contributed by atoms with Gasteiger partial charge in [0.2, 0.25) is 65.0 Å². The second kappa shape index (κ2) is 28.7. The first-order valence-corrected chi connectivity index (χ1v) is 25.3. The molecular formula is C45H62N12O12S2. The zero-order valence-corrected chi connectivity index (χ0v) is 40.5.